The van der Waals surface area contributed by atoms with Gasteiger partial charge in [-0.2, -0.15) is 0 Å². The van der Waals surface area contributed by atoms with Crippen LogP contribution >= 0.6 is 0 Å². The van der Waals surface area contributed by atoms with E-state index in [1.807, 2.05) is 30.9 Å². The van der Waals surface area contributed by atoms with Crippen LogP contribution in [0.2, 0.25) is 0 Å². The molecular weight excluding hydrogens is 304 g/mol. The largest absolute Gasteiger partial charge is 0.466 e. The van der Waals surface area contributed by atoms with Gasteiger partial charge in [0.1, 0.15) is 0 Å². The minimum absolute atomic E-state index is 0.00736. The highest BCUT2D eigenvalue weighted by Crippen LogP contribution is 2.52. The maximum atomic E-state index is 12.8. The van der Waals surface area contributed by atoms with Crippen molar-refractivity contribution in [2.24, 2.45) is 5.41 Å². The topological polar surface area (TPSA) is 59.5 Å². The number of aryl methyl sites for hydroxylation is 1. The number of hydrogen-bond donors (Lipinski definition) is 0. The Balaban J connectivity index is 1.70. The molecule has 0 N–H and O–H groups in total. The van der Waals surface area contributed by atoms with E-state index in [-0.39, 0.29) is 24.0 Å². The van der Waals surface area contributed by atoms with Crippen LogP contribution in [0.15, 0.2) is 24.5 Å². The average molecular weight is 330 g/mol. The molecule has 1 aromatic rings. The number of fused-ring (bicyclic) bond motifs is 2. The first-order chi connectivity index (χ1) is 11.6. The molecule has 2 bridgehead atoms. The molecule has 0 aromatic carbocycles. The number of carbonyl (C=O) groups excluding carboxylic acids is 2. The van der Waals surface area contributed by atoms with E-state index in [9.17, 15) is 9.59 Å². The highest BCUT2D eigenvalue weighted by Gasteiger charge is 2.60. The van der Waals surface area contributed by atoms with Crippen LogP contribution in [0, 0.1) is 5.41 Å². The molecule has 5 nitrogen and oxygen atoms in total. The second-order valence-corrected chi connectivity index (χ2v) is 6.84. The van der Waals surface area contributed by atoms with Gasteiger partial charge in [-0.1, -0.05) is 13.0 Å². The van der Waals surface area contributed by atoms with Crippen molar-refractivity contribution in [3.8, 4) is 0 Å². The van der Waals surface area contributed by atoms with Crippen molar-refractivity contribution in [3.05, 3.63) is 30.1 Å². The van der Waals surface area contributed by atoms with Crippen LogP contribution in [0.3, 0.4) is 0 Å². The Morgan fingerprint density at radius 3 is 2.88 bits per heavy atom. The third kappa shape index (κ3) is 2.80. The van der Waals surface area contributed by atoms with Crippen molar-refractivity contribution >= 4 is 11.9 Å². The van der Waals surface area contributed by atoms with Gasteiger partial charge in [0.15, 0.2) is 0 Å². The Kier molecular flexibility index (Phi) is 4.88. The summed E-state index contributed by atoms with van der Waals surface area (Å²) in [6.07, 6.45) is 8.12. The highest BCUT2D eigenvalue weighted by atomic mass is 16.5. The quantitative estimate of drug-likeness (QED) is 0.753. The van der Waals surface area contributed by atoms with E-state index in [2.05, 4.69) is 4.98 Å². The standard InChI is InChI=1S/C19H26N2O3/c1-3-19(18(23)24-4-2)12-15-8-9-16(19)21(15)17(22)10-7-14-6-5-11-20-13-14/h5-6,11,13,15-16H,3-4,7-10,12H2,1-2H3/t15-,16+,19+/m1/s1. The van der Waals surface area contributed by atoms with E-state index in [4.69, 9.17) is 4.74 Å². The molecule has 2 fully saturated rings. The Hall–Kier alpha value is -1.91. The van der Waals surface area contributed by atoms with Crippen LogP contribution in [0.4, 0.5) is 0 Å². The fourth-order valence-electron chi connectivity index (χ4n) is 4.50. The van der Waals surface area contributed by atoms with E-state index in [1.165, 1.54) is 0 Å². The van der Waals surface area contributed by atoms with E-state index in [0.29, 0.717) is 19.4 Å². The van der Waals surface area contributed by atoms with Crippen molar-refractivity contribution in [2.75, 3.05) is 6.61 Å². The summed E-state index contributed by atoms with van der Waals surface area (Å²) in [6, 6.07) is 4.09. The van der Waals surface area contributed by atoms with Crippen LogP contribution in [-0.2, 0) is 20.7 Å². The molecule has 130 valence electrons. The molecule has 0 spiro atoms. The molecule has 1 aromatic heterocycles. The first-order valence-corrected chi connectivity index (χ1v) is 8.99. The Labute approximate surface area is 143 Å². The van der Waals surface area contributed by atoms with Crippen LogP contribution < -0.4 is 0 Å². The van der Waals surface area contributed by atoms with Crippen LogP contribution in [0.25, 0.3) is 0 Å². The highest BCUT2D eigenvalue weighted by molar-refractivity contribution is 5.83. The van der Waals surface area contributed by atoms with Gasteiger partial charge >= 0.3 is 5.97 Å². The van der Waals surface area contributed by atoms with Crippen LogP contribution in [0.1, 0.15) is 51.5 Å². The molecule has 0 radical (unpaired) electrons. The maximum Gasteiger partial charge on any atom is 0.314 e. The number of nitrogens with zero attached hydrogens (tertiary/aromatic N) is 2. The number of rotatable bonds is 6. The summed E-state index contributed by atoms with van der Waals surface area (Å²) in [5, 5.41) is 0. The molecule has 24 heavy (non-hydrogen) atoms. The fourth-order valence-corrected chi connectivity index (χ4v) is 4.50. The lowest BCUT2D eigenvalue weighted by Crippen LogP contribution is -2.45. The van der Waals surface area contributed by atoms with Gasteiger partial charge in [-0.05, 0) is 50.7 Å². The zero-order valence-electron chi connectivity index (χ0n) is 14.5. The Bertz CT molecular complexity index is 604. The molecule has 2 aliphatic heterocycles. The minimum Gasteiger partial charge on any atom is -0.466 e. The lowest BCUT2D eigenvalue weighted by Gasteiger charge is -2.34. The van der Waals surface area contributed by atoms with Crippen molar-refractivity contribution < 1.29 is 14.3 Å². The molecule has 2 aliphatic rings. The van der Waals surface area contributed by atoms with Gasteiger partial charge in [-0.15, -0.1) is 0 Å². The van der Waals surface area contributed by atoms with Crippen molar-refractivity contribution in [1.82, 2.24) is 9.88 Å². The van der Waals surface area contributed by atoms with Gasteiger partial charge in [-0.3, -0.25) is 14.6 Å². The van der Waals surface area contributed by atoms with Gasteiger partial charge in [0, 0.05) is 30.9 Å². The third-order valence-corrected chi connectivity index (χ3v) is 5.69. The Morgan fingerprint density at radius 2 is 2.21 bits per heavy atom. The van der Waals surface area contributed by atoms with Gasteiger partial charge in [0.25, 0.3) is 0 Å². The summed E-state index contributed by atoms with van der Waals surface area (Å²) in [5.41, 5.74) is 0.577. The average Bonchev–Trinajstić information content (AvgIpc) is 3.17. The van der Waals surface area contributed by atoms with Crippen molar-refractivity contribution in [3.63, 3.8) is 0 Å². The summed E-state index contributed by atoms with van der Waals surface area (Å²) < 4.78 is 5.34. The molecule has 0 aliphatic carbocycles. The number of carbonyl (C=O) groups is 2. The lowest BCUT2D eigenvalue weighted by atomic mass is 9.72. The summed E-state index contributed by atoms with van der Waals surface area (Å²) in [4.78, 5) is 31.5. The van der Waals surface area contributed by atoms with E-state index < -0.39 is 5.41 Å². The van der Waals surface area contributed by atoms with Gasteiger partial charge in [0.05, 0.1) is 12.0 Å². The molecule has 3 rings (SSSR count). The molecule has 1 amide bonds. The number of ether oxygens (including phenoxy) is 1. The number of aromatic nitrogens is 1. The number of esters is 1. The van der Waals surface area contributed by atoms with Gasteiger partial charge < -0.3 is 9.64 Å². The second kappa shape index (κ2) is 6.91. The van der Waals surface area contributed by atoms with Crippen LogP contribution in [-0.4, -0.2) is 40.5 Å². The predicted molar refractivity (Wildman–Crippen MR) is 90.2 cm³/mol. The molecular formula is C19H26N2O3. The third-order valence-electron chi connectivity index (χ3n) is 5.69. The Morgan fingerprint density at radius 1 is 1.38 bits per heavy atom. The first-order valence-electron chi connectivity index (χ1n) is 8.99. The minimum atomic E-state index is -0.497. The first kappa shape index (κ1) is 16.9. The zero-order chi connectivity index (χ0) is 17.2. The summed E-state index contributed by atoms with van der Waals surface area (Å²) in [5.74, 6) is 0.0377. The number of pyridine rings is 1. The second-order valence-electron chi connectivity index (χ2n) is 6.84. The molecule has 3 atom stereocenters. The van der Waals surface area contributed by atoms with E-state index in [1.54, 1.807) is 12.4 Å². The zero-order valence-corrected chi connectivity index (χ0v) is 14.5. The van der Waals surface area contributed by atoms with Crippen LogP contribution in [0.5, 0.6) is 0 Å². The maximum absolute atomic E-state index is 12.8. The summed E-state index contributed by atoms with van der Waals surface area (Å²) in [7, 11) is 0. The fraction of sp³-hybridized carbons (Fsp3) is 0.632. The number of hydrogen-bond acceptors (Lipinski definition) is 4. The summed E-state index contributed by atoms with van der Waals surface area (Å²) >= 11 is 0. The van der Waals surface area contributed by atoms with Crippen molar-refractivity contribution in [2.45, 2.75) is 64.5 Å². The molecule has 2 saturated heterocycles. The predicted octanol–water partition coefficient (Wildman–Crippen LogP) is 2.74. The van der Waals surface area contributed by atoms with E-state index in [0.717, 1.165) is 31.2 Å². The molecule has 5 heteroatoms. The van der Waals surface area contributed by atoms with Gasteiger partial charge in [-0.25, -0.2) is 0 Å². The number of amides is 1. The SMILES string of the molecule is CCOC(=O)[C@@]1(CC)C[C@H]2CC[C@@H]1N2C(=O)CCc1cccnc1. The van der Waals surface area contributed by atoms with Crippen molar-refractivity contribution in [1.29, 1.82) is 0 Å². The molecule has 0 unspecified atom stereocenters. The lowest BCUT2D eigenvalue weighted by molar-refractivity contribution is -0.158. The monoisotopic (exact) mass is 330 g/mol. The summed E-state index contributed by atoms with van der Waals surface area (Å²) in [6.45, 7) is 4.27. The smallest absolute Gasteiger partial charge is 0.314 e. The van der Waals surface area contributed by atoms with E-state index >= 15 is 0 Å². The van der Waals surface area contributed by atoms with Gasteiger partial charge in [0.2, 0.25) is 5.91 Å². The molecule has 3 heterocycles. The normalized spacial score (nSPS) is 28.2. The molecule has 0 saturated carbocycles.